The molecule has 0 saturated heterocycles. The normalized spacial score (nSPS) is 12.3. The summed E-state index contributed by atoms with van der Waals surface area (Å²) in [5, 5.41) is 8.78. The van der Waals surface area contributed by atoms with Crippen molar-refractivity contribution in [1.82, 2.24) is 4.48 Å². The van der Waals surface area contributed by atoms with Crippen LogP contribution in [0.15, 0.2) is 90.6 Å². The van der Waals surface area contributed by atoms with Gasteiger partial charge >= 0.3 is 13.4 Å². The van der Waals surface area contributed by atoms with Crippen LogP contribution in [0.1, 0.15) is 30.3 Å². The Bertz CT molecular complexity index is 986. The van der Waals surface area contributed by atoms with E-state index in [2.05, 4.69) is 6.58 Å². The van der Waals surface area contributed by atoms with Crippen LogP contribution in [0.25, 0.3) is 12.2 Å². The topological polar surface area (TPSA) is 42.2 Å². The first-order valence-corrected chi connectivity index (χ1v) is 9.52. The third kappa shape index (κ3) is 7.55. The smallest absolute Gasteiger partial charge is 0.481 e. The first-order chi connectivity index (χ1) is 14.4. The third-order valence-electron chi connectivity index (χ3n) is 4.27. The Labute approximate surface area is 176 Å². The van der Waals surface area contributed by atoms with Crippen LogP contribution in [-0.2, 0) is 11.2 Å². The summed E-state index contributed by atoms with van der Waals surface area (Å²) >= 11 is 0. The Hall–Kier alpha value is -3.41. The van der Waals surface area contributed by atoms with Crippen molar-refractivity contribution in [1.29, 1.82) is 0 Å². The van der Waals surface area contributed by atoms with E-state index in [9.17, 15) is 13.4 Å². The number of carboxylic acids is 1. The molecule has 0 spiro atoms. The van der Waals surface area contributed by atoms with Gasteiger partial charge < -0.3 is 9.58 Å². The second-order valence-electron chi connectivity index (χ2n) is 6.72. The van der Waals surface area contributed by atoms with Gasteiger partial charge in [0, 0.05) is 11.4 Å². The van der Waals surface area contributed by atoms with Gasteiger partial charge in [0.1, 0.15) is 0 Å². The highest BCUT2D eigenvalue weighted by Crippen LogP contribution is 2.17. The van der Waals surface area contributed by atoms with Gasteiger partial charge in [0.05, 0.1) is 6.42 Å². The van der Waals surface area contributed by atoms with Gasteiger partial charge in [0.25, 0.3) is 0 Å². The number of allylic oxidation sites excluding steroid dienone is 7. The standard InChI is InChI=1S/C24H24BF2NO2/c1-19(8-6-7-11-21-9-4-3-5-10-21)12-13-20(2)18-23-15-14-22(16-17-24(29)30)28(23)25(26)27/h3-15,18H,1,16-17H2,2H3,(H,29,30)/b8-6+,11-7+,13-12-,20-18+. The number of aryl methyl sites for hydroxylation is 1. The van der Waals surface area contributed by atoms with Gasteiger partial charge in [-0.05, 0) is 48.3 Å². The lowest BCUT2D eigenvalue weighted by Crippen LogP contribution is -2.18. The summed E-state index contributed by atoms with van der Waals surface area (Å²) < 4.78 is 27.8. The highest BCUT2D eigenvalue weighted by atomic mass is 19.2. The Morgan fingerprint density at radius 2 is 1.83 bits per heavy atom. The summed E-state index contributed by atoms with van der Waals surface area (Å²) in [5.41, 5.74) is 3.28. The predicted molar refractivity (Wildman–Crippen MR) is 120 cm³/mol. The minimum Gasteiger partial charge on any atom is -0.481 e. The first kappa shape index (κ1) is 22.9. The number of benzene rings is 1. The van der Waals surface area contributed by atoms with Gasteiger partial charge in [-0.2, -0.15) is 0 Å². The van der Waals surface area contributed by atoms with Crippen LogP contribution in [0.2, 0.25) is 0 Å². The Balaban J connectivity index is 2.02. The molecule has 0 aliphatic heterocycles. The number of aromatic nitrogens is 1. The maximum atomic E-state index is 13.4. The number of aliphatic carboxylic acids is 1. The number of hydrogen-bond acceptors (Lipinski definition) is 1. The fraction of sp³-hybridized carbons (Fsp3) is 0.125. The van der Waals surface area contributed by atoms with Crippen LogP contribution >= 0.6 is 0 Å². The van der Waals surface area contributed by atoms with Crippen LogP contribution in [0.4, 0.5) is 8.63 Å². The van der Waals surface area contributed by atoms with Gasteiger partial charge in [-0.25, -0.2) is 0 Å². The average molecular weight is 407 g/mol. The van der Waals surface area contributed by atoms with Crippen LogP contribution in [-0.4, -0.2) is 23.0 Å². The van der Waals surface area contributed by atoms with E-state index in [1.54, 1.807) is 30.4 Å². The van der Waals surface area contributed by atoms with E-state index < -0.39 is 13.4 Å². The summed E-state index contributed by atoms with van der Waals surface area (Å²) in [5.74, 6) is -1.02. The molecule has 0 aliphatic carbocycles. The van der Waals surface area contributed by atoms with Crippen molar-refractivity contribution in [2.24, 2.45) is 0 Å². The molecule has 2 rings (SSSR count). The van der Waals surface area contributed by atoms with Gasteiger partial charge in [0.15, 0.2) is 0 Å². The van der Waals surface area contributed by atoms with Crippen LogP contribution in [0, 0.1) is 0 Å². The van der Waals surface area contributed by atoms with E-state index in [-0.39, 0.29) is 12.8 Å². The molecule has 2 aromatic rings. The van der Waals surface area contributed by atoms with Crippen molar-refractivity contribution in [2.75, 3.05) is 0 Å². The molecule has 3 nitrogen and oxygen atoms in total. The summed E-state index contributed by atoms with van der Waals surface area (Å²) in [4.78, 5) is 10.7. The lowest BCUT2D eigenvalue weighted by Gasteiger charge is -2.08. The molecule has 1 aromatic carbocycles. The van der Waals surface area contributed by atoms with Gasteiger partial charge in [-0.15, -0.1) is 0 Å². The second kappa shape index (κ2) is 11.6. The van der Waals surface area contributed by atoms with E-state index in [0.717, 1.165) is 21.2 Å². The van der Waals surface area contributed by atoms with E-state index in [0.29, 0.717) is 11.4 Å². The maximum absolute atomic E-state index is 13.4. The van der Waals surface area contributed by atoms with E-state index in [4.69, 9.17) is 5.11 Å². The zero-order valence-corrected chi connectivity index (χ0v) is 16.8. The monoisotopic (exact) mass is 407 g/mol. The Kier molecular flexibility index (Phi) is 8.82. The van der Waals surface area contributed by atoms with Crippen molar-refractivity contribution >= 4 is 25.5 Å². The number of carboxylic acid groups (broad SMARTS) is 1. The molecular weight excluding hydrogens is 383 g/mol. The molecule has 0 saturated carbocycles. The van der Waals surface area contributed by atoms with E-state index in [1.165, 1.54) is 0 Å². The summed E-state index contributed by atoms with van der Waals surface area (Å²) in [6.45, 7) is 5.76. The molecule has 0 aliphatic rings. The quantitative estimate of drug-likeness (QED) is 0.384. The molecule has 154 valence electrons. The highest BCUT2D eigenvalue weighted by molar-refractivity contribution is 6.41. The van der Waals surface area contributed by atoms with Crippen molar-refractivity contribution in [3.63, 3.8) is 0 Å². The molecule has 1 aromatic heterocycles. The number of rotatable bonds is 10. The van der Waals surface area contributed by atoms with Gasteiger partial charge in [-0.3, -0.25) is 13.4 Å². The fourth-order valence-electron chi connectivity index (χ4n) is 2.79. The molecule has 0 atom stereocenters. The Morgan fingerprint density at radius 1 is 1.10 bits per heavy atom. The summed E-state index contributed by atoms with van der Waals surface area (Å²) in [6.07, 6.45) is 12.8. The molecule has 0 radical (unpaired) electrons. The van der Waals surface area contributed by atoms with Crippen LogP contribution in [0.5, 0.6) is 0 Å². The van der Waals surface area contributed by atoms with Crippen molar-refractivity contribution < 1.29 is 18.5 Å². The predicted octanol–water partition coefficient (Wildman–Crippen LogP) is 6.06. The van der Waals surface area contributed by atoms with E-state index in [1.807, 2.05) is 61.6 Å². The molecule has 30 heavy (non-hydrogen) atoms. The zero-order chi connectivity index (χ0) is 21.9. The highest BCUT2D eigenvalue weighted by Gasteiger charge is 2.22. The number of hydrogen-bond donors (Lipinski definition) is 1. The number of carbonyl (C=O) groups is 1. The lowest BCUT2D eigenvalue weighted by atomic mass is 10.1. The molecule has 0 amide bonds. The molecule has 1 heterocycles. The maximum Gasteiger partial charge on any atom is 0.677 e. The molecular formula is C24H24BF2NO2. The third-order valence-corrected chi connectivity index (χ3v) is 4.27. The van der Waals surface area contributed by atoms with Crippen LogP contribution in [0.3, 0.4) is 0 Å². The first-order valence-electron chi connectivity index (χ1n) is 9.52. The summed E-state index contributed by atoms with van der Waals surface area (Å²) in [7, 11) is -2.74. The van der Waals surface area contributed by atoms with Crippen molar-refractivity contribution in [3.05, 3.63) is 108 Å². The number of halogens is 2. The summed E-state index contributed by atoms with van der Waals surface area (Å²) in [6, 6.07) is 13.0. The van der Waals surface area contributed by atoms with Gasteiger partial charge in [-0.1, -0.05) is 73.4 Å². The van der Waals surface area contributed by atoms with Gasteiger partial charge in [0.2, 0.25) is 0 Å². The second-order valence-corrected chi connectivity index (χ2v) is 6.72. The Morgan fingerprint density at radius 3 is 2.50 bits per heavy atom. The molecule has 0 fully saturated rings. The number of nitrogens with zero attached hydrogens (tertiary/aromatic N) is 1. The fourth-order valence-corrected chi connectivity index (χ4v) is 2.79. The SMILES string of the molecule is C=C(/C=C\C(C)=C\c1ccc(CCC(=O)O)n1B(F)F)/C=C/C=C/c1ccccc1. The van der Waals surface area contributed by atoms with E-state index >= 15 is 0 Å². The minimum absolute atomic E-state index is 0.0561. The minimum atomic E-state index is -2.74. The largest absolute Gasteiger partial charge is 0.677 e. The molecule has 0 bridgehead atoms. The molecule has 6 heteroatoms. The van der Waals surface area contributed by atoms with Crippen molar-refractivity contribution in [2.45, 2.75) is 19.8 Å². The average Bonchev–Trinajstić information content (AvgIpc) is 3.11. The van der Waals surface area contributed by atoms with Crippen molar-refractivity contribution in [3.8, 4) is 0 Å². The molecule has 0 unspecified atom stereocenters. The van der Waals surface area contributed by atoms with Crippen LogP contribution < -0.4 is 0 Å². The lowest BCUT2D eigenvalue weighted by molar-refractivity contribution is -0.136. The molecule has 1 N–H and O–H groups in total. The zero-order valence-electron chi connectivity index (χ0n) is 16.8.